The van der Waals surface area contributed by atoms with Crippen LogP contribution in [0.4, 0.5) is 0 Å². The Morgan fingerprint density at radius 3 is 2.45 bits per heavy atom. The second-order valence-electron chi connectivity index (χ2n) is 6.21. The van der Waals surface area contributed by atoms with E-state index in [0.717, 1.165) is 30.6 Å². The number of hydrogen-bond donors (Lipinski definition) is 0. The Hall–Kier alpha value is -1.36. The Kier molecular flexibility index (Phi) is 6.20. The summed E-state index contributed by atoms with van der Waals surface area (Å²) >= 11 is 0. The number of hydrogen-bond acceptors (Lipinski definition) is 3. The van der Waals surface area contributed by atoms with Crippen LogP contribution in [0.1, 0.15) is 31.5 Å². The van der Waals surface area contributed by atoms with Gasteiger partial charge in [-0.05, 0) is 38.9 Å². The van der Waals surface area contributed by atoms with E-state index in [4.69, 9.17) is 0 Å². The van der Waals surface area contributed by atoms with Crippen LogP contribution in [0.15, 0.2) is 6.20 Å². The van der Waals surface area contributed by atoms with Crippen LogP contribution in [0.3, 0.4) is 0 Å². The first kappa shape index (κ1) is 16.7. The highest BCUT2D eigenvalue weighted by Crippen LogP contribution is 2.13. The van der Waals surface area contributed by atoms with Gasteiger partial charge in [0.05, 0.1) is 12.2 Å². The second-order valence-corrected chi connectivity index (χ2v) is 6.21. The number of aromatic nitrogens is 2. The molecule has 1 aromatic heterocycles. The lowest BCUT2D eigenvalue weighted by Gasteiger charge is -2.30. The number of nitrogens with zero attached hydrogens (tertiary/aromatic N) is 4. The number of likely N-dealkylation sites (N-methyl/N-ethyl adjacent to an activating group) is 1. The molecule has 0 aliphatic heterocycles. The van der Waals surface area contributed by atoms with E-state index in [1.807, 2.05) is 25.1 Å². The van der Waals surface area contributed by atoms with Crippen molar-refractivity contribution in [3.63, 3.8) is 0 Å². The molecule has 1 rings (SSSR count). The molecule has 0 radical (unpaired) electrons. The van der Waals surface area contributed by atoms with E-state index in [1.165, 1.54) is 0 Å². The van der Waals surface area contributed by atoms with Gasteiger partial charge in [-0.2, -0.15) is 5.10 Å². The molecule has 0 saturated heterocycles. The van der Waals surface area contributed by atoms with Crippen LogP contribution in [0.2, 0.25) is 0 Å². The molecule has 1 heterocycles. The molecule has 0 saturated carbocycles. The molecule has 0 aliphatic carbocycles. The van der Waals surface area contributed by atoms with Gasteiger partial charge in [-0.25, -0.2) is 0 Å². The highest BCUT2D eigenvalue weighted by Gasteiger charge is 2.18. The van der Waals surface area contributed by atoms with E-state index >= 15 is 0 Å². The zero-order valence-corrected chi connectivity index (χ0v) is 13.6. The van der Waals surface area contributed by atoms with Gasteiger partial charge in [0.1, 0.15) is 0 Å². The summed E-state index contributed by atoms with van der Waals surface area (Å²) in [5, 5.41) is 4.41. The summed E-state index contributed by atoms with van der Waals surface area (Å²) in [6, 6.07) is 0.379. The Morgan fingerprint density at radius 1 is 1.40 bits per heavy atom. The summed E-state index contributed by atoms with van der Waals surface area (Å²) in [5.41, 5.74) is 2.10. The van der Waals surface area contributed by atoms with Crippen molar-refractivity contribution in [1.29, 1.82) is 0 Å². The first-order chi connectivity index (χ1) is 9.33. The maximum Gasteiger partial charge on any atom is 0.210 e. The fraction of sp³-hybridized carbons (Fsp3) is 0.733. The molecule has 5 heteroatoms. The normalized spacial score (nSPS) is 13.0. The first-order valence-corrected chi connectivity index (χ1v) is 7.18. The van der Waals surface area contributed by atoms with Crippen molar-refractivity contribution in [2.75, 3.05) is 20.6 Å². The lowest BCUT2D eigenvalue weighted by molar-refractivity contribution is -0.119. The zero-order chi connectivity index (χ0) is 15.3. The summed E-state index contributed by atoms with van der Waals surface area (Å²) < 4.78 is 1.80. The van der Waals surface area contributed by atoms with E-state index in [0.29, 0.717) is 18.5 Å². The molecule has 0 spiro atoms. The van der Waals surface area contributed by atoms with Crippen LogP contribution >= 0.6 is 0 Å². The topological polar surface area (TPSA) is 41.4 Å². The van der Waals surface area contributed by atoms with Crippen molar-refractivity contribution in [3.05, 3.63) is 17.5 Å². The van der Waals surface area contributed by atoms with Gasteiger partial charge in [0.15, 0.2) is 0 Å². The molecule has 0 aliphatic rings. The molecule has 5 nitrogen and oxygen atoms in total. The molecule has 0 aromatic carbocycles. The van der Waals surface area contributed by atoms with E-state index in [9.17, 15) is 4.79 Å². The van der Waals surface area contributed by atoms with Gasteiger partial charge in [0.2, 0.25) is 6.41 Å². The molecule has 1 unspecified atom stereocenters. The summed E-state index contributed by atoms with van der Waals surface area (Å²) in [6.45, 7) is 7.78. The number of carbonyl (C=O) groups is 1. The highest BCUT2D eigenvalue weighted by molar-refractivity contribution is 5.47. The van der Waals surface area contributed by atoms with E-state index < -0.39 is 0 Å². The monoisotopic (exact) mass is 280 g/mol. The fourth-order valence-corrected chi connectivity index (χ4v) is 2.41. The third-order valence-corrected chi connectivity index (χ3v) is 3.54. The van der Waals surface area contributed by atoms with E-state index in [-0.39, 0.29) is 0 Å². The Morgan fingerprint density at radius 2 is 2.05 bits per heavy atom. The van der Waals surface area contributed by atoms with E-state index in [1.54, 1.807) is 4.68 Å². The SMILES string of the molecule is Cc1cn(C)nc1CN(C=O)CC(CC(C)C)N(C)C. The van der Waals surface area contributed by atoms with Crippen LogP contribution in [0.25, 0.3) is 0 Å². The minimum Gasteiger partial charge on any atom is -0.338 e. The second kappa shape index (κ2) is 7.43. The molecular weight excluding hydrogens is 252 g/mol. The van der Waals surface area contributed by atoms with Crippen molar-refractivity contribution >= 4 is 6.41 Å². The molecule has 1 amide bonds. The third-order valence-electron chi connectivity index (χ3n) is 3.54. The first-order valence-electron chi connectivity index (χ1n) is 7.18. The van der Waals surface area contributed by atoms with Gasteiger partial charge in [-0.3, -0.25) is 9.48 Å². The predicted molar refractivity (Wildman–Crippen MR) is 81.3 cm³/mol. The van der Waals surface area contributed by atoms with Gasteiger partial charge < -0.3 is 9.80 Å². The third kappa shape index (κ3) is 4.96. The summed E-state index contributed by atoms with van der Waals surface area (Å²) in [7, 11) is 6.05. The summed E-state index contributed by atoms with van der Waals surface area (Å²) in [4.78, 5) is 15.4. The van der Waals surface area contributed by atoms with Crippen molar-refractivity contribution < 1.29 is 4.79 Å². The van der Waals surface area contributed by atoms with Crippen LogP contribution in [-0.4, -0.2) is 52.7 Å². The molecule has 0 N–H and O–H groups in total. The Balaban J connectivity index is 2.70. The standard InChI is InChI=1S/C15H28N4O/c1-12(2)7-14(17(4)5)9-19(11-20)10-15-13(3)8-18(6)16-15/h8,11-12,14H,7,9-10H2,1-6H3. The molecule has 0 bridgehead atoms. The van der Waals surface area contributed by atoms with Gasteiger partial charge >= 0.3 is 0 Å². The quantitative estimate of drug-likeness (QED) is 0.680. The van der Waals surface area contributed by atoms with Gasteiger partial charge in [0, 0.05) is 25.8 Å². The summed E-state index contributed by atoms with van der Waals surface area (Å²) in [5.74, 6) is 0.618. The van der Waals surface area contributed by atoms with Crippen molar-refractivity contribution in [2.45, 2.75) is 39.8 Å². The minimum atomic E-state index is 0.379. The molecule has 114 valence electrons. The van der Waals surface area contributed by atoms with Crippen LogP contribution in [0, 0.1) is 12.8 Å². The average Bonchev–Trinajstić information content (AvgIpc) is 2.65. The minimum absolute atomic E-state index is 0.379. The van der Waals surface area contributed by atoms with Crippen molar-refractivity contribution in [3.8, 4) is 0 Å². The molecule has 0 fully saturated rings. The molecule has 20 heavy (non-hydrogen) atoms. The lowest BCUT2D eigenvalue weighted by atomic mass is 10.0. The van der Waals surface area contributed by atoms with Crippen molar-refractivity contribution in [2.24, 2.45) is 13.0 Å². The van der Waals surface area contributed by atoms with Gasteiger partial charge in [-0.1, -0.05) is 13.8 Å². The zero-order valence-electron chi connectivity index (χ0n) is 13.6. The lowest BCUT2D eigenvalue weighted by Crippen LogP contribution is -2.40. The Bertz CT molecular complexity index is 426. The molecule has 1 aromatic rings. The Labute approximate surface area is 122 Å². The molecule has 1 atom stereocenters. The maximum absolute atomic E-state index is 11.3. The van der Waals surface area contributed by atoms with E-state index in [2.05, 4.69) is 37.9 Å². The van der Waals surface area contributed by atoms with Crippen LogP contribution in [0.5, 0.6) is 0 Å². The number of carbonyl (C=O) groups excluding carboxylic acids is 1. The fourth-order valence-electron chi connectivity index (χ4n) is 2.41. The smallest absolute Gasteiger partial charge is 0.210 e. The molecular formula is C15H28N4O. The van der Waals surface area contributed by atoms with Gasteiger partial charge in [-0.15, -0.1) is 0 Å². The maximum atomic E-state index is 11.3. The summed E-state index contributed by atoms with van der Waals surface area (Å²) in [6.07, 6.45) is 4.00. The van der Waals surface area contributed by atoms with Crippen molar-refractivity contribution in [1.82, 2.24) is 19.6 Å². The number of aryl methyl sites for hydroxylation is 2. The van der Waals surface area contributed by atoms with Crippen LogP contribution < -0.4 is 0 Å². The number of amides is 1. The predicted octanol–water partition coefficient (Wildman–Crippen LogP) is 1.66. The van der Waals surface area contributed by atoms with Crippen LogP contribution in [-0.2, 0) is 18.4 Å². The largest absolute Gasteiger partial charge is 0.338 e. The highest BCUT2D eigenvalue weighted by atomic mass is 16.1. The van der Waals surface area contributed by atoms with Gasteiger partial charge in [0.25, 0.3) is 0 Å². The number of rotatable bonds is 8. The average molecular weight is 280 g/mol.